The number of hydrogen-bond acceptors (Lipinski definition) is 2. The van der Waals surface area contributed by atoms with Crippen LogP contribution in [0.3, 0.4) is 0 Å². The number of hydrogen-bond donors (Lipinski definition) is 1. The molecular formula is C13H14F2N2O2. The zero-order valence-corrected chi connectivity index (χ0v) is 10.7. The number of aliphatic carboxylic acids is 1. The van der Waals surface area contributed by atoms with Crippen molar-refractivity contribution in [3.8, 4) is 0 Å². The molecule has 0 saturated carbocycles. The number of rotatable bonds is 4. The minimum absolute atomic E-state index is 0.386. The van der Waals surface area contributed by atoms with Gasteiger partial charge in [-0.25, -0.2) is 13.8 Å². The molecule has 0 fully saturated rings. The summed E-state index contributed by atoms with van der Waals surface area (Å²) in [6.07, 6.45) is -1.75. The molecule has 1 aromatic heterocycles. The van der Waals surface area contributed by atoms with Gasteiger partial charge >= 0.3 is 5.97 Å². The van der Waals surface area contributed by atoms with E-state index in [1.54, 1.807) is 18.2 Å². The molecule has 4 nitrogen and oxygen atoms in total. The molecule has 6 heteroatoms. The number of aryl methyl sites for hydroxylation is 2. The lowest BCUT2D eigenvalue weighted by atomic mass is 10.0. The Kier molecular flexibility index (Phi) is 3.26. The molecule has 0 amide bonds. The van der Waals surface area contributed by atoms with Crippen molar-refractivity contribution in [1.29, 1.82) is 0 Å². The Hall–Kier alpha value is -1.98. The summed E-state index contributed by atoms with van der Waals surface area (Å²) in [4.78, 5) is 14.6. The average molecular weight is 268 g/mol. The average Bonchev–Trinajstić information content (AvgIpc) is 2.51. The lowest BCUT2D eigenvalue weighted by molar-refractivity contribution is -0.144. The van der Waals surface area contributed by atoms with Crippen LogP contribution in [0.4, 0.5) is 8.78 Å². The van der Waals surface area contributed by atoms with Crippen molar-refractivity contribution in [3.05, 3.63) is 29.6 Å². The van der Waals surface area contributed by atoms with E-state index in [1.165, 1.54) is 0 Å². The van der Waals surface area contributed by atoms with Crippen LogP contribution in [0.5, 0.6) is 0 Å². The number of carbonyl (C=O) groups is 1. The number of halogens is 2. The third kappa shape index (κ3) is 2.89. The van der Waals surface area contributed by atoms with Gasteiger partial charge in [-0.3, -0.25) is 4.79 Å². The van der Waals surface area contributed by atoms with Gasteiger partial charge in [0.1, 0.15) is 12.2 Å². The number of fused-ring (bicyclic) bond motifs is 1. The van der Waals surface area contributed by atoms with Crippen LogP contribution in [0.15, 0.2) is 18.2 Å². The van der Waals surface area contributed by atoms with Crippen LogP contribution in [-0.4, -0.2) is 26.5 Å². The van der Waals surface area contributed by atoms with Gasteiger partial charge in [0.05, 0.1) is 11.0 Å². The van der Waals surface area contributed by atoms with Gasteiger partial charge in [-0.1, -0.05) is 6.07 Å². The molecule has 0 spiro atoms. The molecule has 0 radical (unpaired) electrons. The molecule has 0 aliphatic heterocycles. The third-order valence-corrected chi connectivity index (χ3v) is 3.04. The van der Waals surface area contributed by atoms with Crippen molar-refractivity contribution in [2.45, 2.75) is 25.7 Å². The number of benzene rings is 1. The summed E-state index contributed by atoms with van der Waals surface area (Å²) in [5.41, 5.74) is 1.89. The fraction of sp³-hybridized carbons (Fsp3) is 0.385. The first-order valence-corrected chi connectivity index (χ1v) is 5.80. The third-order valence-electron chi connectivity index (χ3n) is 3.04. The Labute approximate surface area is 108 Å². The predicted octanol–water partition coefficient (Wildman–Crippen LogP) is 2.53. The monoisotopic (exact) mass is 268 g/mol. The zero-order valence-electron chi connectivity index (χ0n) is 10.7. The van der Waals surface area contributed by atoms with E-state index in [9.17, 15) is 13.6 Å². The van der Waals surface area contributed by atoms with Crippen molar-refractivity contribution >= 4 is 17.0 Å². The molecular weight excluding hydrogens is 254 g/mol. The van der Waals surface area contributed by atoms with E-state index in [0.717, 1.165) is 11.3 Å². The summed E-state index contributed by atoms with van der Waals surface area (Å²) in [6, 6.07) is 4.89. The smallest absolute Gasteiger partial charge is 0.309 e. The molecule has 1 N–H and O–H groups in total. The summed E-state index contributed by atoms with van der Waals surface area (Å²) in [7, 11) is 1.85. The van der Waals surface area contributed by atoms with Gasteiger partial charge in [-0.05, 0) is 24.6 Å². The van der Waals surface area contributed by atoms with Gasteiger partial charge in [0.25, 0.3) is 5.92 Å². The first-order chi connectivity index (χ1) is 8.78. The second-order valence-corrected chi connectivity index (χ2v) is 4.64. The van der Waals surface area contributed by atoms with Gasteiger partial charge in [-0.2, -0.15) is 0 Å². The standard InChI is InChI=1S/C13H14F2N2O2/c1-8-16-10-5-9(3-4-11(10)17(8)2)6-13(14,15)7-12(18)19/h3-5H,6-7H2,1-2H3,(H,18,19). The van der Waals surface area contributed by atoms with Crippen molar-refractivity contribution < 1.29 is 18.7 Å². The molecule has 1 heterocycles. The second kappa shape index (κ2) is 4.60. The maximum absolute atomic E-state index is 13.4. The molecule has 102 valence electrons. The Morgan fingerprint density at radius 2 is 2.16 bits per heavy atom. The molecule has 0 aliphatic carbocycles. The number of nitrogens with zero attached hydrogens (tertiary/aromatic N) is 2. The normalized spacial score (nSPS) is 12.0. The Balaban J connectivity index is 2.29. The molecule has 2 rings (SSSR count). The highest BCUT2D eigenvalue weighted by Crippen LogP contribution is 2.26. The minimum Gasteiger partial charge on any atom is -0.481 e. The quantitative estimate of drug-likeness (QED) is 0.927. The maximum atomic E-state index is 13.4. The molecule has 19 heavy (non-hydrogen) atoms. The van der Waals surface area contributed by atoms with Crippen molar-refractivity contribution in [1.82, 2.24) is 9.55 Å². The number of alkyl halides is 2. The van der Waals surface area contributed by atoms with E-state index in [1.807, 2.05) is 18.5 Å². The summed E-state index contributed by atoms with van der Waals surface area (Å²) in [5, 5.41) is 8.44. The minimum atomic E-state index is -3.25. The summed E-state index contributed by atoms with van der Waals surface area (Å²) in [5.74, 6) is -3.95. The van der Waals surface area contributed by atoms with E-state index in [4.69, 9.17) is 5.11 Å². The molecule has 1 aromatic carbocycles. The first kappa shape index (κ1) is 13.5. The van der Waals surface area contributed by atoms with Gasteiger partial charge < -0.3 is 9.67 Å². The van der Waals surface area contributed by atoms with Crippen molar-refractivity contribution in [2.75, 3.05) is 0 Å². The van der Waals surface area contributed by atoms with Crippen LogP contribution in [0.25, 0.3) is 11.0 Å². The van der Waals surface area contributed by atoms with Gasteiger partial charge in [0.2, 0.25) is 0 Å². The van der Waals surface area contributed by atoms with Gasteiger partial charge in [0, 0.05) is 13.5 Å². The molecule has 0 aliphatic rings. The Bertz CT molecular complexity index is 635. The summed E-state index contributed by atoms with van der Waals surface area (Å²) < 4.78 is 28.7. The van der Waals surface area contributed by atoms with Gasteiger partial charge in [0.15, 0.2) is 0 Å². The van der Waals surface area contributed by atoms with Crippen molar-refractivity contribution in [2.24, 2.45) is 7.05 Å². The number of carboxylic acids is 1. The highest BCUT2D eigenvalue weighted by molar-refractivity contribution is 5.76. The topological polar surface area (TPSA) is 55.1 Å². The summed E-state index contributed by atoms with van der Waals surface area (Å²) in [6.45, 7) is 1.83. The SMILES string of the molecule is Cc1nc2cc(CC(F)(F)CC(=O)O)ccc2n1C. The van der Waals surface area contributed by atoms with E-state index in [-0.39, 0.29) is 0 Å². The van der Waals surface area contributed by atoms with Crippen LogP contribution in [0, 0.1) is 6.92 Å². The van der Waals surface area contributed by atoms with E-state index < -0.39 is 24.7 Å². The predicted molar refractivity (Wildman–Crippen MR) is 66.4 cm³/mol. The van der Waals surface area contributed by atoms with Gasteiger partial charge in [-0.15, -0.1) is 0 Å². The zero-order chi connectivity index (χ0) is 14.2. The Morgan fingerprint density at radius 1 is 1.47 bits per heavy atom. The number of aromatic nitrogens is 2. The Morgan fingerprint density at radius 3 is 2.79 bits per heavy atom. The second-order valence-electron chi connectivity index (χ2n) is 4.64. The molecule has 0 saturated heterocycles. The van der Waals surface area contributed by atoms with Crippen LogP contribution in [0.2, 0.25) is 0 Å². The van der Waals surface area contributed by atoms with Crippen LogP contribution in [-0.2, 0) is 18.3 Å². The van der Waals surface area contributed by atoms with E-state index >= 15 is 0 Å². The summed E-state index contributed by atoms with van der Waals surface area (Å²) >= 11 is 0. The van der Waals surface area contributed by atoms with E-state index in [0.29, 0.717) is 11.1 Å². The lowest BCUT2D eigenvalue weighted by Gasteiger charge is -2.13. The van der Waals surface area contributed by atoms with Crippen LogP contribution in [0.1, 0.15) is 17.8 Å². The maximum Gasteiger partial charge on any atom is 0.309 e. The molecule has 0 bridgehead atoms. The highest BCUT2D eigenvalue weighted by atomic mass is 19.3. The molecule has 0 unspecified atom stereocenters. The van der Waals surface area contributed by atoms with Crippen molar-refractivity contribution in [3.63, 3.8) is 0 Å². The molecule has 0 atom stereocenters. The fourth-order valence-corrected chi connectivity index (χ4v) is 2.06. The van der Waals surface area contributed by atoms with Crippen LogP contribution >= 0.6 is 0 Å². The first-order valence-electron chi connectivity index (χ1n) is 5.80. The highest BCUT2D eigenvalue weighted by Gasteiger charge is 2.32. The number of carboxylic acid groups (broad SMARTS) is 1. The fourth-order valence-electron chi connectivity index (χ4n) is 2.06. The largest absolute Gasteiger partial charge is 0.481 e. The van der Waals surface area contributed by atoms with E-state index in [2.05, 4.69) is 4.98 Å². The molecule has 2 aromatic rings. The number of imidazole rings is 1. The lowest BCUT2D eigenvalue weighted by Crippen LogP contribution is -2.23. The van der Waals surface area contributed by atoms with Crippen LogP contribution < -0.4 is 0 Å².